The Kier molecular flexibility index (Phi) is 7.85. The van der Waals surface area contributed by atoms with Crippen molar-refractivity contribution in [2.24, 2.45) is 0 Å². The number of nitriles is 1. The number of rotatable bonds is 10. The molecule has 0 amide bonds. The van der Waals surface area contributed by atoms with E-state index < -0.39 is 10.0 Å². The zero-order chi connectivity index (χ0) is 20.6. The summed E-state index contributed by atoms with van der Waals surface area (Å²) in [4.78, 5) is 0.121. The lowest BCUT2D eigenvalue weighted by Gasteiger charge is -2.22. The molecule has 2 aromatic carbocycles. The second-order valence-electron chi connectivity index (χ2n) is 6.13. The second kappa shape index (κ2) is 10.1. The average Bonchev–Trinajstić information content (AvgIpc) is 2.70. The van der Waals surface area contributed by atoms with Crippen molar-refractivity contribution in [3.8, 4) is 17.6 Å². The van der Waals surface area contributed by atoms with Crippen molar-refractivity contribution < 1.29 is 17.9 Å². The molecule has 0 unspecified atom stereocenters. The molecule has 0 fully saturated rings. The Hall–Kier alpha value is -2.56. The van der Waals surface area contributed by atoms with Gasteiger partial charge in [0.15, 0.2) is 11.5 Å². The molecule has 0 spiro atoms. The summed E-state index contributed by atoms with van der Waals surface area (Å²) in [6.45, 7) is 7.30. The van der Waals surface area contributed by atoms with Gasteiger partial charge in [-0.3, -0.25) is 0 Å². The lowest BCUT2D eigenvalue weighted by atomic mass is 10.2. The zero-order valence-corrected chi connectivity index (χ0v) is 17.3. The molecule has 0 saturated carbocycles. The molecule has 0 radical (unpaired) electrons. The smallest absolute Gasteiger partial charge is 0.243 e. The largest absolute Gasteiger partial charge is 0.490 e. The number of nitrogens with zero attached hydrogens (tertiary/aromatic N) is 2. The van der Waals surface area contributed by atoms with Crippen LogP contribution in [-0.2, 0) is 16.6 Å². The maximum Gasteiger partial charge on any atom is 0.243 e. The summed E-state index contributed by atoms with van der Waals surface area (Å²) in [5.41, 5.74) is 1.12. The molecule has 2 aromatic rings. The van der Waals surface area contributed by atoms with Crippen molar-refractivity contribution in [1.29, 1.82) is 5.26 Å². The first-order chi connectivity index (χ1) is 13.5. The summed E-state index contributed by atoms with van der Waals surface area (Å²) in [5.74, 6) is 1.24. The van der Waals surface area contributed by atoms with E-state index in [2.05, 4.69) is 0 Å². The molecule has 2 rings (SSSR count). The maximum atomic E-state index is 13.1. The fourth-order valence-electron chi connectivity index (χ4n) is 2.81. The molecule has 0 aliphatic carbocycles. The average molecular weight is 403 g/mol. The van der Waals surface area contributed by atoms with Gasteiger partial charge in [0.25, 0.3) is 0 Å². The van der Waals surface area contributed by atoms with Crippen LogP contribution in [0.15, 0.2) is 47.4 Å². The highest BCUT2D eigenvalue weighted by molar-refractivity contribution is 7.89. The normalized spacial score (nSPS) is 11.2. The molecule has 0 aromatic heterocycles. The lowest BCUT2D eigenvalue weighted by Crippen LogP contribution is -2.31. The van der Waals surface area contributed by atoms with Crippen LogP contribution in [0.4, 0.5) is 0 Å². The van der Waals surface area contributed by atoms with Gasteiger partial charge in [-0.2, -0.15) is 9.57 Å². The van der Waals surface area contributed by atoms with Crippen LogP contribution in [0.5, 0.6) is 11.5 Å². The third kappa shape index (κ3) is 5.24. The summed E-state index contributed by atoms with van der Waals surface area (Å²) in [7, 11) is -3.73. The van der Waals surface area contributed by atoms with Crippen molar-refractivity contribution in [1.82, 2.24) is 4.31 Å². The SMILES string of the molecule is CCCN(Cc1ccc(OCC)c(OCC)c1)S(=O)(=O)c1cccc(C#N)c1. The summed E-state index contributed by atoms with van der Waals surface area (Å²) in [6.07, 6.45) is 0.673. The lowest BCUT2D eigenvalue weighted by molar-refractivity contribution is 0.287. The van der Waals surface area contributed by atoms with Crippen LogP contribution in [0.3, 0.4) is 0 Å². The van der Waals surface area contributed by atoms with Gasteiger partial charge in [0.05, 0.1) is 29.7 Å². The molecule has 150 valence electrons. The number of ether oxygens (including phenoxy) is 2. The van der Waals surface area contributed by atoms with E-state index in [1.165, 1.54) is 16.4 Å². The first-order valence-electron chi connectivity index (χ1n) is 9.35. The Labute approximate surface area is 167 Å². The Morgan fingerprint density at radius 1 is 1.00 bits per heavy atom. The molecule has 28 heavy (non-hydrogen) atoms. The third-order valence-electron chi connectivity index (χ3n) is 4.04. The Morgan fingerprint density at radius 2 is 1.71 bits per heavy atom. The fraction of sp³-hybridized carbons (Fsp3) is 0.381. The fourth-order valence-corrected chi connectivity index (χ4v) is 4.37. The molecule has 0 aliphatic rings. The molecule has 0 aliphatic heterocycles. The Morgan fingerprint density at radius 3 is 2.36 bits per heavy atom. The van der Waals surface area contributed by atoms with Crippen LogP contribution in [-0.4, -0.2) is 32.5 Å². The van der Waals surface area contributed by atoms with Gasteiger partial charge in [0.1, 0.15) is 0 Å². The standard InChI is InChI=1S/C21H26N2O4S/c1-4-12-23(28(24,25)19-9-7-8-17(13-19)15-22)16-18-10-11-20(26-5-2)21(14-18)27-6-3/h7-11,13-14H,4-6,12,16H2,1-3H3. The predicted molar refractivity (Wildman–Crippen MR) is 108 cm³/mol. The minimum absolute atomic E-state index is 0.121. The van der Waals surface area contributed by atoms with Gasteiger partial charge in [-0.1, -0.05) is 19.1 Å². The van der Waals surface area contributed by atoms with Gasteiger partial charge in [0.2, 0.25) is 10.0 Å². The highest BCUT2D eigenvalue weighted by Gasteiger charge is 2.24. The van der Waals surface area contributed by atoms with Gasteiger partial charge >= 0.3 is 0 Å². The topological polar surface area (TPSA) is 79.6 Å². The molecular weight excluding hydrogens is 376 g/mol. The van der Waals surface area contributed by atoms with Gasteiger partial charge in [-0.05, 0) is 56.2 Å². The number of hydrogen-bond acceptors (Lipinski definition) is 5. The monoisotopic (exact) mass is 402 g/mol. The van der Waals surface area contributed by atoms with Crippen molar-refractivity contribution in [3.63, 3.8) is 0 Å². The van der Waals surface area contributed by atoms with E-state index in [9.17, 15) is 8.42 Å². The van der Waals surface area contributed by atoms with Crippen LogP contribution in [0.25, 0.3) is 0 Å². The zero-order valence-electron chi connectivity index (χ0n) is 16.5. The van der Waals surface area contributed by atoms with Gasteiger partial charge in [-0.15, -0.1) is 0 Å². The second-order valence-corrected chi connectivity index (χ2v) is 8.06. The molecule has 7 heteroatoms. The quantitative estimate of drug-likeness (QED) is 0.601. The minimum atomic E-state index is -3.73. The molecule has 0 bridgehead atoms. The molecule has 0 atom stereocenters. The minimum Gasteiger partial charge on any atom is -0.490 e. The van der Waals surface area contributed by atoms with Gasteiger partial charge in [0, 0.05) is 13.1 Å². The molecule has 0 N–H and O–H groups in total. The van der Waals surface area contributed by atoms with Crippen molar-refractivity contribution in [2.45, 2.75) is 38.6 Å². The molecule has 6 nitrogen and oxygen atoms in total. The summed E-state index contributed by atoms with van der Waals surface area (Å²) in [5, 5.41) is 9.07. The van der Waals surface area contributed by atoms with Crippen molar-refractivity contribution >= 4 is 10.0 Å². The van der Waals surface area contributed by atoms with Crippen LogP contribution in [0.2, 0.25) is 0 Å². The third-order valence-corrected chi connectivity index (χ3v) is 5.88. The summed E-state index contributed by atoms with van der Waals surface area (Å²) >= 11 is 0. The Bertz CT molecular complexity index is 936. The van der Waals surface area contributed by atoms with E-state index in [0.29, 0.717) is 43.2 Å². The summed E-state index contributed by atoms with van der Waals surface area (Å²) < 4.78 is 38.9. The molecular formula is C21H26N2O4S. The molecule has 0 heterocycles. The van der Waals surface area contributed by atoms with Gasteiger partial charge in [-0.25, -0.2) is 8.42 Å². The highest BCUT2D eigenvalue weighted by Crippen LogP contribution is 2.30. The molecule has 0 saturated heterocycles. The van der Waals surface area contributed by atoms with E-state index in [-0.39, 0.29) is 11.4 Å². The van der Waals surface area contributed by atoms with E-state index >= 15 is 0 Å². The number of sulfonamides is 1. The predicted octanol–water partition coefficient (Wildman–Crippen LogP) is 3.96. The maximum absolute atomic E-state index is 13.1. The summed E-state index contributed by atoms with van der Waals surface area (Å²) in [6, 6.07) is 13.5. The van der Waals surface area contributed by atoms with E-state index in [4.69, 9.17) is 14.7 Å². The van der Waals surface area contributed by atoms with E-state index in [1.807, 2.05) is 39.0 Å². The van der Waals surface area contributed by atoms with Crippen LogP contribution in [0, 0.1) is 11.3 Å². The van der Waals surface area contributed by atoms with Crippen LogP contribution < -0.4 is 9.47 Å². The number of benzene rings is 2. The Balaban J connectivity index is 2.36. The van der Waals surface area contributed by atoms with Crippen molar-refractivity contribution in [2.75, 3.05) is 19.8 Å². The van der Waals surface area contributed by atoms with E-state index in [1.54, 1.807) is 18.2 Å². The first-order valence-corrected chi connectivity index (χ1v) is 10.8. The number of hydrogen-bond donors (Lipinski definition) is 0. The van der Waals surface area contributed by atoms with E-state index in [0.717, 1.165) is 5.56 Å². The van der Waals surface area contributed by atoms with Crippen LogP contribution in [0.1, 0.15) is 38.3 Å². The van der Waals surface area contributed by atoms with Gasteiger partial charge < -0.3 is 9.47 Å². The first kappa shape index (κ1) is 21.7. The van der Waals surface area contributed by atoms with Crippen LogP contribution >= 0.6 is 0 Å². The highest BCUT2D eigenvalue weighted by atomic mass is 32.2. The van der Waals surface area contributed by atoms with Crippen molar-refractivity contribution in [3.05, 3.63) is 53.6 Å².